The van der Waals surface area contributed by atoms with Gasteiger partial charge >= 0.3 is 0 Å². The molecule has 0 spiro atoms. The van der Waals surface area contributed by atoms with E-state index < -0.39 is 0 Å². The SMILES string of the molecule is O=C(Cn1nnc2ccccc21)NCC(c1ccccc1)N1CCOCC1. The Labute approximate surface area is 157 Å². The van der Waals surface area contributed by atoms with Crippen molar-refractivity contribution in [3.8, 4) is 0 Å². The minimum Gasteiger partial charge on any atom is -0.379 e. The molecule has 1 N–H and O–H groups in total. The number of hydrogen-bond donors (Lipinski definition) is 1. The Morgan fingerprint density at radius 1 is 1.07 bits per heavy atom. The quantitative estimate of drug-likeness (QED) is 0.719. The summed E-state index contributed by atoms with van der Waals surface area (Å²) in [4.78, 5) is 14.9. The molecule has 1 fully saturated rings. The van der Waals surface area contributed by atoms with E-state index >= 15 is 0 Å². The lowest BCUT2D eigenvalue weighted by atomic mass is 10.0. The summed E-state index contributed by atoms with van der Waals surface area (Å²) < 4.78 is 7.11. The van der Waals surface area contributed by atoms with E-state index in [0.717, 1.165) is 37.3 Å². The fourth-order valence-corrected chi connectivity index (χ4v) is 3.46. The van der Waals surface area contributed by atoms with E-state index in [9.17, 15) is 4.79 Å². The molecule has 1 atom stereocenters. The van der Waals surface area contributed by atoms with E-state index in [2.05, 4.69) is 32.7 Å². The number of amides is 1. The van der Waals surface area contributed by atoms with Gasteiger partial charge in [0.05, 0.1) is 24.8 Å². The first-order chi connectivity index (χ1) is 13.3. The Morgan fingerprint density at radius 3 is 2.63 bits per heavy atom. The molecule has 7 heteroatoms. The maximum atomic E-state index is 12.5. The molecule has 0 aliphatic carbocycles. The van der Waals surface area contributed by atoms with Crippen LogP contribution < -0.4 is 5.32 Å². The summed E-state index contributed by atoms with van der Waals surface area (Å²) in [6, 6.07) is 18.1. The molecule has 140 valence electrons. The zero-order valence-electron chi connectivity index (χ0n) is 15.1. The number of carbonyl (C=O) groups excluding carboxylic acids is 1. The third-order valence-electron chi connectivity index (χ3n) is 4.88. The number of morpholine rings is 1. The Bertz CT molecular complexity index is 890. The number of nitrogens with zero attached hydrogens (tertiary/aromatic N) is 4. The number of nitrogens with one attached hydrogen (secondary N) is 1. The molecule has 1 aliphatic rings. The zero-order valence-corrected chi connectivity index (χ0v) is 15.1. The smallest absolute Gasteiger partial charge is 0.241 e. The molecule has 0 radical (unpaired) electrons. The van der Waals surface area contributed by atoms with E-state index in [0.29, 0.717) is 6.54 Å². The Balaban J connectivity index is 1.43. The summed E-state index contributed by atoms with van der Waals surface area (Å²) in [5, 5.41) is 11.3. The van der Waals surface area contributed by atoms with Crippen molar-refractivity contribution in [1.29, 1.82) is 0 Å². The first-order valence-corrected chi connectivity index (χ1v) is 9.23. The van der Waals surface area contributed by atoms with E-state index in [4.69, 9.17) is 4.74 Å². The van der Waals surface area contributed by atoms with Gasteiger partial charge in [-0.2, -0.15) is 0 Å². The van der Waals surface area contributed by atoms with Crippen LogP contribution in [0.4, 0.5) is 0 Å². The molecular weight excluding hydrogens is 342 g/mol. The molecule has 1 aliphatic heterocycles. The minimum atomic E-state index is -0.0696. The largest absolute Gasteiger partial charge is 0.379 e. The summed E-state index contributed by atoms with van der Waals surface area (Å²) in [7, 11) is 0. The van der Waals surface area contributed by atoms with Crippen LogP contribution in [0.5, 0.6) is 0 Å². The van der Waals surface area contributed by atoms with Crippen LogP contribution in [-0.4, -0.2) is 58.6 Å². The molecule has 1 aromatic heterocycles. The van der Waals surface area contributed by atoms with Crippen LogP contribution in [-0.2, 0) is 16.1 Å². The second-order valence-corrected chi connectivity index (χ2v) is 6.61. The van der Waals surface area contributed by atoms with Gasteiger partial charge in [0, 0.05) is 19.6 Å². The number of rotatable bonds is 6. The standard InChI is InChI=1S/C20H23N5O2/c26-20(15-25-18-9-5-4-8-17(18)22-23-25)21-14-19(16-6-2-1-3-7-16)24-10-12-27-13-11-24/h1-9,19H,10-15H2,(H,21,26). The minimum absolute atomic E-state index is 0.0696. The highest BCUT2D eigenvalue weighted by Crippen LogP contribution is 2.21. The van der Waals surface area contributed by atoms with Crippen LogP contribution in [0.15, 0.2) is 54.6 Å². The molecule has 0 saturated carbocycles. The van der Waals surface area contributed by atoms with Crippen molar-refractivity contribution in [2.45, 2.75) is 12.6 Å². The van der Waals surface area contributed by atoms with Gasteiger partial charge in [0.25, 0.3) is 0 Å². The summed E-state index contributed by atoms with van der Waals surface area (Å²) in [5.41, 5.74) is 2.85. The van der Waals surface area contributed by atoms with Crippen LogP contribution in [0, 0.1) is 0 Å². The number of aromatic nitrogens is 3. The number of ether oxygens (including phenoxy) is 1. The molecule has 1 unspecified atom stereocenters. The first-order valence-electron chi connectivity index (χ1n) is 9.23. The third-order valence-corrected chi connectivity index (χ3v) is 4.88. The Kier molecular flexibility index (Phi) is 5.41. The van der Waals surface area contributed by atoms with Gasteiger partial charge in [0.1, 0.15) is 12.1 Å². The fraction of sp³-hybridized carbons (Fsp3) is 0.350. The van der Waals surface area contributed by atoms with Crippen LogP contribution in [0.2, 0.25) is 0 Å². The summed E-state index contributed by atoms with van der Waals surface area (Å²) in [5.74, 6) is -0.0696. The topological polar surface area (TPSA) is 72.3 Å². The molecule has 1 saturated heterocycles. The second kappa shape index (κ2) is 8.28. The monoisotopic (exact) mass is 365 g/mol. The molecule has 7 nitrogen and oxygen atoms in total. The molecule has 2 aromatic carbocycles. The molecule has 3 aromatic rings. The molecule has 0 bridgehead atoms. The van der Waals surface area contributed by atoms with Gasteiger partial charge in [-0.3, -0.25) is 9.69 Å². The van der Waals surface area contributed by atoms with Crippen molar-refractivity contribution in [2.75, 3.05) is 32.8 Å². The fourth-order valence-electron chi connectivity index (χ4n) is 3.46. The molecule has 1 amide bonds. The van der Waals surface area contributed by atoms with Gasteiger partial charge < -0.3 is 10.1 Å². The van der Waals surface area contributed by atoms with Gasteiger partial charge in [-0.1, -0.05) is 47.7 Å². The van der Waals surface area contributed by atoms with Gasteiger partial charge in [0.2, 0.25) is 5.91 Å². The maximum Gasteiger partial charge on any atom is 0.241 e. The Morgan fingerprint density at radius 2 is 1.81 bits per heavy atom. The lowest BCUT2D eigenvalue weighted by Gasteiger charge is -2.34. The van der Waals surface area contributed by atoms with Crippen molar-refractivity contribution in [3.05, 3.63) is 60.2 Å². The van der Waals surface area contributed by atoms with Crippen LogP contribution in [0.25, 0.3) is 11.0 Å². The summed E-state index contributed by atoms with van der Waals surface area (Å²) in [6.07, 6.45) is 0. The number of carbonyl (C=O) groups is 1. The predicted octanol–water partition coefficient (Wildman–Crippen LogP) is 1.62. The lowest BCUT2D eigenvalue weighted by Crippen LogP contribution is -2.44. The van der Waals surface area contributed by atoms with E-state index in [1.54, 1.807) is 4.68 Å². The highest BCUT2D eigenvalue weighted by molar-refractivity contribution is 5.79. The first kappa shape index (κ1) is 17.6. The van der Waals surface area contributed by atoms with E-state index in [1.165, 1.54) is 5.56 Å². The summed E-state index contributed by atoms with van der Waals surface area (Å²) >= 11 is 0. The zero-order chi connectivity index (χ0) is 18.5. The lowest BCUT2D eigenvalue weighted by molar-refractivity contribution is -0.122. The van der Waals surface area contributed by atoms with Gasteiger partial charge in [-0.05, 0) is 17.7 Å². The third kappa shape index (κ3) is 4.15. The van der Waals surface area contributed by atoms with Crippen molar-refractivity contribution in [2.24, 2.45) is 0 Å². The molecular formula is C20H23N5O2. The Hall–Kier alpha value is -2.77. The average Bonchev–Trinajstić information content (AvgIpc) is 3.13. The highest BCUT2D eigenvalue weighted by Gasteiger charge is 2.23. The maximum absolute atomic E-state index is 12.5. The van der Waals surface area contributed by atoms with Crippen molar-refractivity contribution < 1.29 is 9.53 Å². The average molecular weight is 365 g/mol. The molecule has 2 heterocycles. The van der Waals surface area contributed by atoms with Gasteiger partial charge in [0.15, 0.2) is 0 Å². The number of para-hydroxylation sites is 1. The van der Waals surface area contributed by atoms with E-state index in [-0.39, 0.29) is 18.5 Å². The number of hydrogen-bond acceptors (Lipinski definition) is 5. The van der Waals surface area contributed by atoms with Crippen molar-refractivity contribution in [1.82, 2.24) is 25.2 Å². The van der Waals surface area contributed by atoms with Gasteiger partial charge in [-0.15, -0.1) is 5.10 Å². The van der Waals surface area contributed by atoms with Crippen LogP contribution >= 0.6 is 0 Å². The summed E-state index contributed by atoms with van der Waals surface area (Å²) in [6.45, 7) is 3.89. The number of benzene rings is 2. The highest BCUT2D eigenvalue weighted by atomic mass is 16.5. The van der Waals surface area contributed by atoms with E-state index in [1.807, 2.05) is 42.5 Å². The van der Waals surface area contributed by atoms with Crippen molar-refractivity contribution in [3.63, 3.8) is 0 Å². The normalized spacial score (nSPS) is 16.3. The second-order valence-electron chi connectivity index (χ2n) is 6.61. The van der Waals surface area contributed by atoms with Crippen molar-refractivity contribution >= 4 is 16.9 Å². The molecule has 27 heavy (non-hydrogen) atoms. The number of fused-ring (bicyclic) bond motifs is 1. The van der Waals surface area contributed by atoms with Crippen LogP contribution in [0.3, 0.4) is 0 Å². The van der Waals surface area contributed by atoms with Gasteiger partial charge in [-0.25, -0.2) is 4.68 Å². The molecule has 4 rings (SSSR count). The predicted molar refractivity (Wildman–Crippen MR) is 102 cm³/mol. The van der Waals surface area contributed by atoms with Crippen LogP contribution in [0.1, 0.15) is 11.6 Å².